The minimum atomic E-state index is -0.234. The van der Waals surface area contributed by atoms with Crippen LogP contribution < -0.4 is 9.47 Å². The van der Waals surface area contributed by atoms with E-state index in [0.717, 1.165) is 51.9 Å². The van der Waals surface area contributed by atoms with E-state index in [-0.39, 0.29) is 17.8 Å². The molecule has 2 aliphatic heterocycles. The maximum atomic E-state index is 14.2. The van der Waals surface area contributed by atoms with Crippen LogP contribution in [0.3, 0.4) is 0 Å². The second-order valence-electron chi connectivity index (χ2n) is 8.05. The van der Waals surface area contributed by atoms with Crippen molar-refractivity contribution >= 4 is 5.91 Å². The number of hydrogen-bond donors (Lipinski definition) is 0. The number of ether oxygens (including phenoxy) is 2. The Morgan fingerprint density at radius 1 is 1.07 bits per heavy atom. The fraction of sp³-hybridized carbons (Fsp3) is 0.458. The summed E-state index contributed by atoms with van der Waals surface area (Å²) in [6.45, 7) is 3.89. The van der Waals surface area contributed by atoms with Crippen LogP contribution in [0.15, 0.2) is 42.5 Å². The molecular formula is C24H29FN2O3. The van der Waals surface area contributed by atoms with Gasteiger partial charge in [-0.2, -0.15) is 0 Å². The van der Waals surface area contributed by atoms with E-state index in [1.165, 1.54) is 13.2 Å². The minimum Gasteiger partial charge on any atom is -0.497 e. The average Bonchev–Trinajstić information content (AvgIpc) is 3.31. The van der Waals surface area contributed by atoms with Crippen LogP contribution in [0.1, 0.15) is 41.6 Å². The third-order valence-electron chi connectivity index (χ3n) is 5.99. The number of halogens is 1. The van der Waals surface area contributed by atoms with Gasteiger partial charge in [-0.15, -0.1) is 0 Å². The number of amides is 1. The molecule has 5 nitrogen and oxygen atoms in total. The number of rotatable bonds is 6. The van der Waals surface area contributed by atoms with E-state index < -0.39 is 0 Å². The number of piperidine rings is 1. The molecule has 0 N–H and O–H groups in total. The maximum Gasteiger partial charge on any atom is 0.257 e. The van der Waals surface area contributed by atoms with Gasteiger partial charge < -0.3 is 14.4 Å². The van der Waals surface area contributed by atoms with E-state index in [0.29, 0.717) is 29.2 Å². The molecule has 2 heterocycles. The van der Waals surface area contributed by atoms with Crippen LogP contribution in [-0.4, -0.2) is 55.1 Å². The fourth-order valence-corrected chi connectivity index (χ4v) is 4.23. The maximum absolute atomic E-state index is 14.2. The van der Waals surface area contributed by atoms with Crippen LogP contribution in [0, 0.1) is 5.82 Å². The highest BCUT2D eigenvalue weighted by molar-refractivity contribution is 5.97. The third-order valence-corrected chi connectivity index (χ3v) is 5.99. The first-order valence-corrected chi connectivity index (χ1v) is 10.7. The molecule has 2 aromatic rings. The summed E-state index contributed by atoms with van der Waals surface area (Å²) in [6, 6.07) is 12.6. The van der Waals surface area contributed by atoms with Gasteiger partial charge in [0.25, 0.3) is 5.91 Å². The standard InChI is InChI=1S/C24H29FN2O3/c1-29-20-9-8-18(22(25)16-20)17-26-14-10-19(11-15-26)30-23-7-3-2-6-21(23)24(28)27-12-4-5-13-27/h2-3,6-9,16,19H,4-5,10-15,17H2,1H3. The summed E-state index contributed by atoms with van der Waals surface area (Å²) in [5, 5.41) is 0. The van der Waals surface area contributed by atoms with Gasteiger partial charge in [0.15, 0.2) is 0 Å². The van der Waals surface area contributed by atoms with Crippen molar-refractivity contribution in [3.8, 4) is 11.5 Å². The molecule has 1 amide bonds. The molecule has 0 atom stereocenters. The van der Waals surface area contributed by atoms with Crippen molar-refractivity contribution in [1.82, 2.24) is 9.80 Å². The minimum absolute atomic E-state index is 0.0643. The molecule has 2 saturated heterocycles. The summed E-state index contributed by atoms with van der Waals surface area (Å²) in [6.07, 6.45) is 3.91. The highest BCUT2D eigenvalue weighted by Crippen LogP contribution is 2.26. The SMILES string of the molecule is COc1ccc(CN2CCC(Oc3ccccc3C(=O)N3CCCC3)CC2)c(F)c1. The Balaban J connectivity index is 1.34. The number of benzene rings is 2. The number of likely N-dealkylation sites (tertiary alicyclic amines) is 2. The molecule has 6 heteroatoms. The van der Waals surface area contributed by atoms with Gasteiger partial charge >= 0.3 is 0 Å². The Hall–Kier alpha value is -2.60. The second-order valence-corrected chi connectivity index (χ2v) is 8.05. The average molecular weight is 413 g/mol. The molecule has 30 heavy (non-hydrogen) atoms. The summed E-state index contributed by atoms with van der Waals surface area (Å²) < 4.78 is 25.6. The Kier molecular flexibility index (Phi) is 6.53. The molecule has 160 valence electrons. The Labute approximate surface area is 177 Å². The van der Waals surface area contributed by atoms with Crippen molar-refractivity contribution in [1.29, 1.82) is 0 Å². The van der Waals surface area contributed by atoms with E-state index in [4.69, 9.17) is 9.47 Å². The Morgan fingerprint density at radius 3 is 2.50 bits per heavy atom. The van der Waals surface area contributed by atoms with E-state index in [1.807, 2.05) is 29.2 Å². The number of hydrogen-bond acceptors (Lipinski definition) is 4. The zero-order valence-corrected chi connectivity index (χ0v) is 17.5. The molecule has 2 aromatic carbocycles. The molecular weight excluding hydrogens is 383 g/mol. The number of nitrogens with zero attached hydrogens (tertiary/aromatic N) is 2. The molecule has 0 aromatic heterocycles. The van der Waals surface area contributed by atoms with Crippen LogP contribution >= 0.6 is 0 Å². The lowest BCUT2D eigenvalue weighted by atomic mass is 10.1. The first-order chi connectivity index (χ1) is 14.6. The molecule has 0 saturated carbocycles. The molecule has 0 aliphatic carbocycles. The van der Waals surface area contributed by atoms with Crippen molar-refractivity contribution in [2.24, 2.45) is 0 Å². The van der Waals surface area contributed by atoms with Crippen molar-refractivity contribution in [2.75, 3.05) is 33.3 Å². The Bertz CT molecular complexity index is 875. The lowest BCUT2D eigenvalue weighted by Crippen LogP contribution is -2.38. The molecule has 2 aliphatic rings. The summed E-state index contributed by atoms with van der Waals surface area (Å²) in [5.41, 5.74) is 1.33. The van der Waals surface area contributed by atoms with Gasteiger partial charge in [-0.25, -0.2) is 4.39 Å². The predicted molar refractivity (Wildman–Crippen MR) is 113 cm³/mol. The van der Waals surface area contributed by atoms with Crippen molar-refractivity contribution < 1.29 is 18.7 Å². The lowest BCUT2D eigenvalue weighted by Gasteiger charge is -2.32. The smallest absolute Gasteiger partial charge is 0.257 e. The molecule has 0 unspecified atom stereocenters. The van der Waals surface area contributed by atoms with Gasteiger partial charge in [0.1, 0.15) is 23.4 Å². The predicted octanol–water partition coefficient (Wildman–Crippen LogP) is 4.11. The van der Waals surface area contributed by atoms with Crippen LogP contribution in [0.2, 0.25) is 0 Å². The van der Waals surface area contributed by atoms with Gasteiger partial charge in [0.05, 0.1) is 12.7 Å². The number of methoxy groups -OCH3 is 1. The zero-order valence-electron chi connectivity index (χ0n) is 17.5. The van der Waals surface area contributed by atoms with Gasteiger partial charge in [0, 0.05) is 44.4 Å². The van der Waals surface area contributed by atoms with E-state index >= 15 is 0 Å². The zero-order chi connectivity index (χ0) is 20.9. The topological polar surface area (TPSA) is 42.0 Å². The van der Waals surface area contributed by atoms with Crippen molar-refractivity contribution in [2.45, 2.75) is 38.3 Å². The Morgan fingerprint density at radius 2 is 1.80 bits per heavy atom. The van der Waals surface area contributed by atoms with Crippen LogP contribution in [0.25, 0.3) is 0 Å². The first kappa shape index (κ1) is 20.7. The monoisotopic (exact) mass is 412 g/mol. The van der Waals surface area contributed by atoms with Gasteiger partial charge in [0.2, 0.25) is 0 Å². The van der Waals surface area contributed by atoms with Gasteiger partial charge in [-0.3, -0.25) is 9.69 Å². The summed E-state index contributed by atoms with van der Waals surface area (Å²) in [7, 11) is 1.54. The quantitative estimate of drug-likeness (QED) is 0.716. The van der Waals surface area contributed by atoms with Crippen LogP contribution in [-0.2, 0) is 6.54 Å². The third kappa shape index (κ3) is 4.75. The molecule has 4 rings (SSSR count). The van der Waals surface area contributed by atoms with E-state index in [9.17, 15) is 9.18 Å². The molecule has 0 radical (unpaired) electrons. The second kappa shape index (κ2) is 9.47. The molecule has 0 bridgehead atoms. The summed E-state index contributed by atoms with van der Waals surface area (Å²) in [5.74, 6) is 1.04. The highest BCUT2D eigenvalue weighted by atomic mass is 19.1. The fourth-order valence-electron chi connectivity index (χ4n) is 4.23. The van der Waals surface area contributed by atoms with Crippen LogP contribution in [0.5, 0.6) is 11.5 Å². The normalized spacial score (nSPS) is 17.9. The summed E-state index contributed by atoms with van der Waals surface area (Å²) >= 11 is 0. The molecule has 0 spiro atoms. The number of carbonyl (C=O) groups is 1. The first-order valence-electron chi connectivity index (χ1n) is 10.7. The number of para-hydroxylation sites is 1. The largest absolute Gasteiger partial charge is 0.497 e. The van der Waals surface area contributed by atoms with Crippen LogP contribution in [0.4, 0.5) is 4.39 Å². The van der Waals surface area contributed by atoms with Crippen molar-refractivity contribution in [3.63, 3.8) is 0 Å². The number of carbonyl (C=O) groups excluding carboxylic acids is 1. The van der Waals surface area contributed by atoms with Gasteiger partial charge in [-0.05, 0) is 43.9 Å². The summed E-state index contributed by atoms with van der Waals surface area (Å²) in [4.78, 5) is 17.0. The highest BCUT2D eigenvalue weighted by Gasteiger charge is 2.25. The lowest BCUT2D eigenvalue weighted by molar-refractivity contribution is 0.0764. The van der Waals surface area contributed by atoms with Gasteiger partial charge in [-0.1, -0.05) is 18.2 Å². The molecule has 2 fully saturated rings. The van der Waals surface area contributed by atoms with E-state index in [1.54, 1.807) is 12.1 Å². The van der Waals surface area contributed by atoms with E-state index in [2.05, 4.69) is 4.90 Å². The van der Waals surface area contributed by atoms with Crippen molar-refractivity contribution in [3.05, 3.63) is 59.4 Å².